The highest BCUT2D eigenvalue weighted by atomic mass is 16.2. The molecule has 1 aliphatic heterocycles. The molecule has 0 fully saturated rings. The molecule has 2 N–H and O–H groups in total. The van der Waals surface area contributed by atoms with Crippen molar-refractivity contribution in [2.24, 2.45) is 5.92 Å². The minimum Gasteiger partial charge on any atom is -0.397 e. The van der Waals surface area contributed by atoms with Crippen molar-refractivity contribution in [3.63, 3.8) is 0 Å². The van der Waals surface area contributed by atoms with Gasteiger partial charge in [-0.3, -0.25) is 9.78 Å². The average Bonchev–Trinajstić information content (AvgIpc) is 2.50. The molecular weight excluding hydrogens is 286 g/mol. The minimum absolute atomic E-state index is 0.0349. The van der Waals surface area contributed by atoms with Gasteiger partial charge in [-0.05, 0) is 17.9 Å². The van der Waals surface area contributed by atoms with Crippen molar-refractivity contribution in [2.45, 2.75) is 26.7 Å². The van der Waals surface area contributed by atoms with E-state index in [0.717, 1.165) is 29.4 Å². The molecule has 1 aliphatic rings. The molecule has 1 aromatic heterocycles. The number of nitrogens with zero attached hydrogens (tertiary/aromatic N) is 2. The van der Waals surface area contributed by atoms with Crippen LogP contribution in [0, 0.1) is 5.92 Å². The largest absolute Gasteiger partial charge is 0.397 e. The van der Waals surface area contributed by atoms with Gasteiger partial charge in [0.05, 0.1) is 22.5 Å². The number of pyridine rings is 1. The van der Waals surface area contributed by atoms with Crippen LogP contribution in [0.1, 0.15) is 35.5 Å². The lowest BCUT2D eigenvalue weighted by molar-refractivity contribution is 0.0758. The summed E-state index contributed by atoms with van der Waals surface area (Å²) in [7, 11) is 0. The second-order valence-electron chi connectivity index (χ2n) is 6.55. The Labute approximate surface area is 137 Å². The van der Waals surface area contributed by atoms with Crippen LogP contribution in [0.3, 0.4) is 0 Å². The molecule has 0 unspecified atom stereocenters. The number of hydrogen-bond donors (Lipinski definition) is 1. The summed E-state index contributed by atoms with van der Waals surface area (Å²) in [6.45, 7) is 9.31. The number of carbonyl (C=O) groups is 1. The van der Waals surface area contributed by atoms with Gasteiger partial charge in [0.2, 0.25) is 0 Å². The lowest BCUT2D eigenvalue weighted by atomic mass is 9.95. The smallest absolute Gasteiger partial charge is 0.258 e. The lowest BCUT2D eigenvalue weighted by Gasteiger charge is -2.28. The molecule has 4 heteroatoms. The minimum atomic E-state index is -0.0349. The Balaban J connectivity index is 2.17. The number of hydrogen-bond acceptors (Lipinski definition) is 3. The maximum absolute atomic E-state index is 12.7. The van der Waals surface area contributed by atoms with Crippen molar-refractivity contribution in [1.29, 1.82) is 0 Å². The van der Waals surface area contributed by atoms with Gasteiger partial charge in [0.25, 0.3) is 5.91 Å². The zero-order valence-electron chi connectivity index (χ0n) is 13.8. The number of anilines is 1. The predicted molar refractivity (Wildman–Crippen MR) is 94.5 cm³/mol. The van der Waals surface area contributed by atoms with Crippen molar-refractivity contribution < 1.29 is 4.79 Å². The monoisotopic (exact) mass is 309 g/mol. The van der Waals surface area contributed by atoms with E-state index >= 15 is 0 Å². The molecule has 0 radical (unpaired) electrons. The van der Waals surface area contributed by atoms with Crippen LogP contribution in [0.25, 0.3) is 10.9 Å². The zero-order chi connectivity index (χ0) is 16.6. The first kappa shape index (κ1) is 15.5. The number of rotatable bonds is 4. The van der Waals surface area contributed by atoms with E-state index in [2.05, 4.69) is 26.5 Å². The van der Waals surface area contributed by atoms with Gasteiger partial charge >= 0.3 is 0 Å². The molecule has 0 atom stereocenters. The van der Waals surface area contributed by atoms with Crippen LogP contribution in [-0.2, 0) is 12.8 Å². The number of nitrogens with two attached hydrogens (primary N) is 1. The summed E-state index contributed by atoms with van der Waals surface area (Å²) in [5.41, 5.74) is 10.5. The van der Waals surface area contributed by atoms with Gasteiger partial charge in [-0.1, -0.05) is 38.1 Å². The Bertz CT molecular complexity index is 780. The number of carbonyl (C=O) groups excluding carboxylic acids is 1. The number of benzene rings is 1. The molecule has 0 aliphatic carbocycles. The molecule has 4 nitrogen and oxygen atoms in total. The van der Waals surface area contributed by atoms with Crippen LogP contribution in [0.4, 0.5) is 5.69 Å². The first-order valence-corrected chi connectivity index (χ1v) is 8.13. The third-order valence-electron chi connectivity index (χ3n) is 4.31. The molecule has 2 aromatic rings. The number of amides is 1. The predicted octanol–water partition coefficient (Wildman–Crippen LogP) is 3.20. The second-order valence-corrected chi connectivity index (χ2v) is 6.55. The van der Waals surface area contributed by atoms with E-state index < -0.39 is 0 Å². The van der Waals surface area contributed by atoms with Crippen molar-refractivity contribution in [2.75, 3.05) is 18.8 Å². The Kier molecular flexibility index (Phi) is 4.07. The fraction of sp³-hybridized carbons (Fsp3) is 0.368. The number of fused-ring (bicyclic) bond motifs is 2. The normalized spacial score (nSPS) is 14.4. The van der Waals surface area contributed by atoms with Crippen LogP contribution in [-0.4, -0.2) is 28.9 Å². The number of nitrogen functional groups attached to an aromatic ring is 1. The second kappa shape index (κ2) is 6.03. The van der Waals surface area contributed by atoms with Gasteiger partial charge in [0.1, 0.15) is 0 Å². The Morgan fingerprint density at radius 3 is 2.91 bits per heavy atom. The molecule has 0 saturated carbocycles. The fourth-order valence-corrected chi connectivity index (χ4v) is 3.28. The summed E-state index contributed by atoms with van der Waals surface area (Å²) in [6, 6.07) is 6.07. The van der Waals surface area contributed by atoms with Gasteiger partial charge < -0.3 is 10.6 Å². The highest BCUT2D eigenvalue weighted by Crippen LogP contribution is 2.32. The molecule has 3 rings (SSSR count). The maximum atomic E-state index is 12.7. The molecule has 2 heterocycles. The van der Waals surface area contributed by atoms with Gasteiger partial charge in [0, 0.05) is 24.9 Å². The van der Waals surface area contributed by atoms with Gasteiger partial charge in [-0.2, -0.15) is 0 Å². The Hall–Kier alpha value is -2.36. The standard InChI is InChI=1S/C19H23N3O/c1-4-9-22-10-8-15-16(19(22)23)17(20)14-7-5-6-13(11-12(2)3)18(14)21-15/h4-7,12H,1,8-11H2,2-3H3,(H2,20,21). The van der Waals surface area contributed by atoms with Crippen LogP contribution in [0.5, 0.6) is 0 Å². The van der Waals surface area contributed by atoms with Crippen molar-refractivity contribution in [3.05, 3.63) is 47.7 Å². The number of para-hydroxylation sites is 1. The quantitative estimate of drug-likeness (QED) is 0.882. The highest BCUT2D eigenvalue weighted by molar-refractivity contribution is 6.08. The summed E-state index contributed by atoms with van der Waals surface area (Å²) < 4.78 is 0. The summed E-state index contributed by atoms with van der Waals surface area (Å²) in [5.74, 6) is 0.511. The van der Waals surface area contributed by atoms with E-state index in [4.69, 9.17) is 10.7 Å². The van der Waals surface area contributed by atoms with Crippen molar-refractivity contribution >= 4 is 22.5 Å². The summed E-state index contributed by atoms with van der Waals surface area (Å²) in [5, 5.41) is 0.885. The van der Waals surface area contributed by atoms with Crippen LogP contribution in [0.2, 0.25) is 0 Å². The maximum Gasteiger partial charge on any atom is 0.258 e. The summed E-state index contributed by atoms with van der Waals surface area (Å²) in [6.07, 6.45) is 3.44. The van der Waals surface area contributed by atoms with Crippen molar-refractivity contribution in [1.82, 2.24) is 9.88 Å². The van der Waals surface area contributed by atoms with Crippen LogP contribution < -0.4 is 5.73 Å². The molecular formula is C19H23N3O. The first-order chi connectivity index (χ1) is 11.0. The summed E-state index contributed by atoms with van der Waals surface area (Å²) in [4.78, 5) is 19.3. The molecule has 0 saturated heterocycles. The molecule has 23 heavy (non-hydrogen) atoms. The van der Waals surface area contributed by atoms with Crippen LogP contribution >= 0.6 is 0 Å². The third-order valence-corrected chi connectivity index (χ3v) is 4.31. The Morgan fingerprint density at radius 2 is 2.22 bits per heavy atom. The van der Waals surface area contributed by atoms with Gasteiger partial charge in [0.15, 0.2) is 0 Å². The highest BCUT2D eigenvalue weighted by Gasteiger charge is 2.28. The van der Waals surface area contributed by atoms with E-state index in [1.807, 2.05) is 12.1 Å². The van der Waals surface area contributed by atoms with E-state index in [1.54, 1.807) is 11.0 Å². The number of aromatic nitrogens is 1. The van der Waals surface area contributed by atoms with E-state index in [1.165, 1.54) is 5.56 Å². The first-order valence-electron chi connectivity index (χ1n) is 8.13. The van der Waals surface area contributed by atoms with E-state index in [-0.39, 0.29) is 5.91 Å². The summed E-state index contributed by atoms with van der Waals surface area (Å²) >= 11 is 0. The average molecular weight is 309 g/mol. The molecule has 0 spiro atoms. The molecule has 0 bridgehead atoms. The molecule has 1 aromatic carbocycles. The topological polar surface area (TPSA) is 59.2 Å². The van der Waals surface area contributed by atoms with E-state index in [0.29, 0.717) is 30.3 Å². The van der Waals surface area contributed by atoms with Crippen LogP contribution in [0.15, 0.2) is 30.9 Å². The molecule has 1 amide bonds. The van der Waals surface area contributed by atoms with Gasteiger partial charge in [-0.25, -0.2) is 0 Å². The van der Waals surface area contributed by atoms with E-state index in [9.17, 15) is 4.79 Å². The fourth-order valence-electron chi connectivity index (χ4n) is 3.28. The van der Waals surface area contributed by atoms with Gasteiger partial charge in [-0.15, -0.1) is 6.58 Å². The zero-order valence-corrected chi connectivity index (χ0v) is 13.8. The Morgan fingerprint density at radius 1 is 1.43 bits per heavy atom. The SMILES string of the molecule is C=CCN1CCc2nc3c(CC(C)C)cccc3c(N)c2C1=O. The lowest BCUT2D eigenvalue weighted by Crippen LogP contribution is -2.38. The van der Waals surface area contributed by atoms with Crippen molar-refractivity contribution in [3.8, 4) is 0 Å². The third kappa shape index (κ3) is 2.69. The molecule has 120 valence electrons.